The van der Waals surface area contributed by atoms with Crippen LogP contribution in [0.2, 0.25) is 0 Å². The van der Waals surface area contributed by atoms with Crippen molar-refractivity contribution in [1.29, 1.82) is 0 Å². The lowest BCUT2D eigenvalue weighted by Gasteiger charge is -2.44. The summed E-state index contributed by atoms with van der Waals surface area (Å²) in [7, 11) is -2.08. The fraction of sp³-hybridized carbons (Fsp3) is 0.260. The molecule has 11 nitrogen and oxygen atoms in total. The van der Waals surface area contributed by atoms with E-state index in [0.29, 0.717) is 12.1 Å². The molecule has 0 aliphatic carbocycles. The Labute approximate surface area is 363 Å². The maximum Gasteiger partial charge on any atom is 0.241 e. The Bertz CT molecular complexity index is 2470. The number of nitrogens with zero attached hydrogens (tertiary/aromatic N) is 1. The number of carbonyl (C=O) groups is 1. The monoisotopic (exact) mass is 855 g/mol. The average molecular weight is 856 g/mol. The van der Waals surface area contributed by atoms with Crippen LogP contribution in [0.5, 0.6) is 5.75 Å². The Morgan fingerprint density at radius 2 is 1.39 bits per heavy atom. The molecule has 0 aromatic heterocycles. The van der Waals surface area contributed by atoms with E-state index in [1.54, 1.807) is 36.4 Å². The number of likely N-dealkylation sites (N-methyl/N-ethyl adjacent to an activating group) is 1. The molecule has 62 heavy (non-hydrogen) atoms. The number of ether oxygens (including phenoxy) is 2. The maximum absolute atomic E-state index is 13.7. The molecule has 1 saturated heterocycles. The smallest absolute Gasteiger partial charge is 0.241 e. The summed E-state index contributed by atoms with van der Waals surface area (Å²) in [5, 5.41) is 33.9. The molecule has 6 unspecified atom stereocenters. The fourth-order valence-corrected chi connectivity index (χ4v) is 8.99. The van der Waals surface area contributed by atoms with Crippen LogP contribution in [0.3, 0.4) is 0 Å². The molecule has 0 saturated carbocycles. The highest BCUT2D eigenvalue weighted by Gasteiger charge is 2.42. The molecule has 7 rings (SSSR count). The van der Waals surface area contributed by atoms with Crippen LogP contribution in [0.1, 0.15) is 68.9 Å². The zero-order valence-electron chi connectivity index (χ0n) is 34.7. The van der Waals surface area contributed by atoms with Crippen molar-refractivity contribution in [3.05, 3.63) is 202 Å². The predicted octanol–water partition coefficient (Wildman–Crippen LogP) is 7.00. The Kier molecular flexibility index (Phi) is 14.6. The van der Waals surface area contributed by atoms with Crippen molar-refractivity contribution < 1.29 is 38.0 Å². The van der Waals surface area contributed by atoms with Gasteiger partial charge in [0.2, 0.25) is 15.9 Å². The summed E-state index contributed by atoms with van der Waals surface area (Å²) >= 11 is 0. The number of phenolic OH excluding ortho intramolecular Hbond substituents is 1. The van der Waals surface area contributed by atoms with Crippen LogP contribution in [0, 0.1) is 6.92 Å². The molecule has 6 aromatic rings. The van der Waals surface area contributed by atoms with E-state index in [1.807, 2.05) is 116 Å². The summed E-state index contributed by atoms with van der Waals surface area (Å²) in [6, 6.07) is 46.6. The molecular formula is C50H53N3O8S. The Morgan fingerprint density at radius 3 is 2.05 bits per heavy atom. The standard InChI is InChI=1S/C50H53N3O8S/c1-34-16-26-43(27-17-34)62(58,59)52-44(28-35-10-5-3-6-11-35)49(57)51-30-36-18-24-40(25-19-36)50-60-46(32-53(2)31-45(56)41-14-9-15-42(55)29-41)47(38-12-7-4-8-13-38)48(61-50)39-22-20-37(33-54)21-23-39/h3-27,29,44-48,50,52,54-56H,28,30-33H2,1-2H3,(H,51,57). The van der Waals surface area contributed by atoms with Crippen molar-refractivity contribution in [3.63, 3.8) is 0 Å². The van der Waals surface area contributed by atoms with E-state index in [4.69, 9.17) is 9.47 Å². The molecule has 12 heteroatoms. The maximum atomic E-state index is 13.7. The second-order valence-electron chi connectivity index (χ2n) is 15.9. The molecule has 1 fully saturated rings. The van der Waals surface area contributed by atoms with Gasteiger partial charge in [-0.1, -0.05) is 139 Å². The summed E-state index contributed by atoms with van der Waals surface area (Å²) in [6.45, 7) is 2.65. The van der Waals surface area contributed by atoms with Gasteiger partial charge >= 0.3 is 0 Å². The van der Waals surface area contributed by atoms with E-state index in [9.17, 15) is 28.5 Å². The molecule has 1 heterocycles. The number of hydrogen-bond donors (Lipinski definition) is 5. The molecule has 1 amide bonds. The zero-order chi connectivity index (χ0) is 43.6. The van der Waals surface area contributed by atoms with E-state index >= 15 is 0 Å². The van der Waals surface area contributed by atoms with Gasteiger partial charge in [-0.05, 0) is 78.0 Å². The predicted molar refractivity (Wildman–Crippen MR) is 237 cm³/mol. The molecule has 0 spiro atoms. The Morgan fingerprint density at radius 1 is 0.742 bits per heavy atom. The highest BCUT2D eigenvalue weighted by Crippen LogP contribution is 2.47. The van der Waals surface area contributed by atoms with Crippen molar-refractivity contribution in [1.82, 2.24) is 14.9 Å². The van der Waals surface area contributed by atoms with Crippen molar-refractivity contribution in [3.8, 4) is 5.75 Å². The third-order valence-corrected chi connectivity index (χ3v) is 12.6. The molecule has 1 aliphatic heterocycles. The van der Waals surface area contributed by atoms with Crippen LogP contribution in [0.15, 0.2) is 163 Å². The first-order chi connectivity index (χ1) is 29.9. The van der Waals surface area contributed by atoms with Crippen LogP contribution < -0.4 is 10.0 Å². The number of nitrogens with one attached hydrogen (secondary N) is 2. The van der Waals surface area contributed by atoms with Gasteiger partial charge in [-0.25, -0.2) is 8.42 Å². The number of aryl methyl sites for hydroxylation is 1. The molecule has 0 radical (unpaired) electrons. The second-order valence-corrected chi connectivity index (χ2v) is 17.6. The van der Waals surface area contributed by atoms with Gasteiger partial charge in [-0.3, -0.25) is 4.79 Å². The summed E-state index contributed by atoms with van der Waals surface area (Å²) < 4.78 is 43.2. The van der Waals surface area contributed by atoms with Crippen LogP contribution >= 0.6 is 0 Å². The van der Waals surface area contributed by atoms with Crippen molar-refractivity contribution >= 4 is 15.9 Å². The highest BCUT2D eigenvalue weighted by molar-refractivity contribution is 7.89. The average Bonchev–Trinajstić information content (AvgIpc) is 3.28. The lowest BCUT2D eigenvalue weighted by Crippen LogP contribution is -2.47. The van der Waals surface area contributed by atoms with E-state index in [2.05, 4.69) is 22.2 Å². The lowest BCUT2D eigenvalue weighted by molar-refractivity contribution is -0.263. The number of carbonyl (C=O) groups excluding carboxylic acids is 1. The number of rotatable bonds is 17. The summed E-state index contributed by atoms with van der Waals surface area (Å²) in [6.07, 6.45) is -2.35. The first-order valence-corrected chi connectivity index (χ1v) is 22.1. The van der Waals surface area contributed by atoms with E-state index in [-0.39, 0.29) is 42.7 Å². The van der Waals surface area contributed by atoms with Crippen molar-refractivity contribution in [2.75, 3.05) is 20.1 Å². The molecule has 1 aliphatic rings. The second kappa shape index (κ2) is 20.4. The third kappa shape index (κ3) is 11.4. The van der Waals surface area contributed by atoms with Gasteiger partial charge in [0.1, 0.15) is 11.8 Å². The molecule has 322 valence electrons. The number of hydrogen-bond acceptors (Lipinski definition) is 9. The number of aromatic hydroxyl groups is 1. The van der Waals surface area contributed by atoms with Crippen LogP contribution in [-0.4, -0.2) is 66.8 Å². The number of aliphatic hydroxyl groups is 2. The minimum absolute atomic E-state index is 0.0796. The number of sulfonamides is 1. The Hall–Kier alpha value is -5.70. The van der Waals surface area contributed by atoms with Gasteiger partial charge in [-0.2, -0.15) is 4.72 Å². The normalized spacial score (nSPS) is 18.9. The largest absolute Gasteiger partial charge is 0.508 e. The Balaban J connectivity index is 1.11. The topological polar surface area (TPSA) is 158 Å². The van der Waals surface area contributed by atoms with Gasteiger partial charge < -0.3 is 35.0 Å². The number of aliphatic hydroxyl groups excluding tert-OH is 2. The third-order valence-electron chi connectivity index (χ3n) is 11.1. The van der Waals surface area contributed by atoms with E-state index < -0.39 is 46.6 Å². The summed E-state index contributed by atoms with van der Waals surface area (Å²) in [5.41, 5.74) is 6.60. The summed E-state index contributed by atoms with van der Waals surface area (Å²) in [4.78, 5) is 15.8. The van der Waals surface area contributed by atoms with Gasteiger partial charge in [-0.15, -0.1) is 0 Å². The van der Waals surface area contributed by atoms with Crippen LogP contribution in [0.4, 0.5) is 0 Å². The highest BCUT2D eigenvalue weighted by atomic mass is 32.2. The van der Waals surface area contributed by atoms with Crippen LogP contribution in [0.25, 0.3) is 0 Å². The molecule has 0 bridgehead atoms. The molecular weight excluding hydrogens is 803 g/mol. The summed E-state index contributed by atoms with van der Waals surface area (Å²) in [5.74, 6) is -0.633. The molecule has 5 N–H and O–H groups in total. The first-order valence-electron chi connectivity index (χ1n) is 20.7. The first kappa shape index (κ1) is 44.4. The van der Waals surface area contributed by atoms with Gasteiger partial charge in [0, 0.05) is 31.1 Å². The minimum Gasteiger partial charge on any atom is -0.508 e. The fourth-order valence-electron chi connectivity index (χ4n) is 7.80. The van der Waals surface area contributed by atoms with Gasteiger partial charge in [0.15, 0.2) is 6.29 Å². The number of amides is 1. The quantitative estimate of drug-likeness (QED) is 0.0652. The van der Waals surface area contributed by atoms with E-state index in [0.717, 1.165) is 38.9 Å². The van der Waals surface area contributed by atoms with Gasteiger partial charge in [0.25, 0.3) is 0 Å². The molecule has 6 atom stereocenters. The number of benzene rings is 6. The van der Waals surface area contributed by atoms with Crippen LogP contribution in [-0.2, 0) is 43.9 Å². The zero-order valence-corrected chi connectivity index (χ0v) is 35.6. The lowest BCUT2D eigenvalue weighted by atomic mass is 9.83. The molecule has 6 aromatic carbocycles. The van der Waals surface area contributed by atoms with E-state index in [1.165, 1.54) is 12.1 Å². The van der Waals surface area contributed by atoms with Crippen molar-refractivity contribution in [2.45, 2.75) is 68.0 Å². The van der Waals surface area contributed by atoms with Gasteiger partial charge in [0.05, 0.1) is 29.8 Å². The SMILES string of the molecule is Cc1ccc(S(=O)(=O)NC(Cc2ccccc2)C(=O)NCc2ccc(C3OC(CN(C)CC(O)c4cccc(O)c4)C(c4ccccc4)C(c4ccc(CO)cc4)O3)cc2)cc1. The van der Waals surface area contributed by atoms with Crippen molar-refractivity contribution in [2.24, 2.45) is 0 Å². The number of phenols is 1. The minimum atomic E-state index is -4.00.